The third kappa shape index (κ3) is 4.75. The van der Waals surface area contributed by atoms with Gasteiger partial charge in [0.2, 0.25) is 5.78 Å². The summed E-state index contributed by atoms with van der Waals surface area (Å²) in [4.78, 5) is 24.7. The van der Waals surface area contributed by atoms with Gasteiger partial charge in [0.05, 0.1) is 0 Å². The molecule has 150 valence electrons. The van der Waals surface area contributed by atoms with Crippen LogP contribution in [0.4, 0.5) is 0 Å². The number of aryl methyl sites for hydroxylation is 1. The monoisotopic (exact) mass is 411 g/mol. The molecule has 1 N–H and O–H groups in total. The first kappa shape index (κ1) is 20.8. The lowest BCUT2D eigenvalue weighted by Gasteiger charge is -2.12. The van der Waals surface area contributed by atoms with Gasteiger partial charge < -0.3 is 14.4 Å². The maximum atomic E-state index is 12.6. The molecule has 0 aliphatic carbocycles. The zero-order valence-corrected chi connectivity index (χ0v) is 17.0. The molecule has 0 radical (unpaired) electrons. The number of aromatic nitrogens is 1. The van der Waals surface area contributed by atoms with Crippen LogP contribution in [0.25, 0.3) is 0 Å². The van der Waals surface area contributed by atoms with Crippen molar-refractivity contribution in [3.8, 4) is 0 Å². The highest BCUT2D eigenvalue weighted by atomic mass is 35.5. The Morgan fingerprint density at radius 1 is 1.07 bits per heavy atom. The van der Waals surface area contributed by atoms with Gasteiger partial charge in [-0.05, 0) is 37.1 Å². The summed E-state index contributed by atoms with van der Waals surface area (Å²) < 4.78 is 7.04. The minimum absolute atomic E-state index is 0.322. The van der Waals surface area contributed by atoms with Gasteiger partial charge in [-0.3, -0.25) is 4.79 Å². The molecule has 0 saturated carbocycles. The summed E-state index contributed by atoms with van der Waals surface area (Å²) in [5, 5.41) is 10.7. The number of ether oxygens (including phenoxy) is 1. The zero-order chi connectivity index (χ0) is 21.0. The Morgan fingerprint density at radius 3 is 2.41 bits per heavy atom. The number of Topliss-reactive ketones (excluding diaryl/α,β-unsaturated/α-hetero) is 1. The molecule has 0 saturated heterocycles. The van der Waals surface area contributed by atoms with Crippen molar-refractivity contribution in [1.29, 1.82) is 0 Å². The smallest absolute Gasteiger partial charge is 0.340 e. The number of benzene rings is 2. The Kier molecular flexibility index (Phi) is 6.52. The first-order valence-corrected chi connectivity index (χ1v) is 9.59. The lowest BCUT2D eigenvalue weighted by molar-refractivity contribution is -0.152. The van der Waals surface area contributed by atoms with Gasteiger partial charge in [-0.1, -0.05) is 60.1 Å². The van der Waals surface area contributed by atoms with E-state index in [4.69, 9.17) is 16.3 Å². The fourth-order valence-corrected chi connectivity index (χ4v) is 3.38. The second-order valence-electron chi connectivity index (χ2n) is 6.81. The number of ketones is 1. The number of halogens is 1. The summed E-state index contributed by atoms with van der Waals surface area (Å²) in [5.41, 5.74) is 3.53. The van der Waals surface area contributed by atoms with Crippen molar-refractivity contribution >= 4 is 23.4 Å². The Labute approximate surface area is 174 Å². The number of aliphatic hydroxyl groups excluding tert-OH is 1. The third-order valence-electron chi connectivity index (χ3n) is 4.84. The van der Waals surface area contributed by atoms with Crippen LogP contribution >= 0.6 is 11.6 Å². The average Bonchev–Trinajstić information content (AvgIpc) is 3.01. The van der Waals surface area contributed by atoms with Gasteiger partial charge in [0, 0.05) is 28.5 Å². The number of hydrogen-bond acceptors (Lipinski definition) is 4. The van der Waals surface area contributed by atoms with Crippen LogP contribution in [0.5, 0.6) is 0 Å². The van der Waals surface area contributed by atoms with E-state index in [1.165, 1.54) is 0 Å². The fourth-order valence-electron chi connectivity index (χ4n) is 3.19. The highest BCUT2D eigenvalue weighted by Crippen LogP contribution is 2.22. The minimum atomic E-state index is -1.42. The van der Waals surface area contributed by atoms with Crippen molar-refractivity contribution < 1.29 is 19.4 Å². The van der Waals surface area contributed by atoms with Gasteiger partial charge in [0.25, 0.3) is 0 Å². The molecule has 0 bridgehead atoms. The lowest BCUT2D eigenvalue weighted by atomic mass is 10.1. The zero-order valence-electron chi connectivity index (χ0n) is 16.3. The topological polar surface area (TPSA) is 68.5 Å². The molecule has 0 amide bonds. The van der Waals surface area contributed by atoms with Crippen molar-refractivity contribution in [2.24, 2.45) is 0 Å². The van der Waals surface area contributed by atoms with E-state index < -0.39 is 18.7 Å². The van der Waals surface area contributed by atoms with E-state index in [1.807, 2.05) is 42.7 Å². The van der Waals surface area contributed by atoms with Gasteiger partial charge in [-0.25, -0.2) is 4.79 Å². The van der Waals surface area contributed by atoms with Crippen LogP contribution in [0.15, 0.2) is 60.7 Å². The number of hydrogen-bond donors (Lipinski definition) is 1. The first-order chi connectivity index (χ1) is 13.9. The van der Waals surface area contributed by atoms with E-state index in [2.05, 4.69) is 0 Å². The van der Waals surface area contributed by atoms with Crippen LogP contribution in [0.1, 0.15) is 39.0 Å². The van der Waals surface area contributed by atoms with Gasteiger partial charge in [-0.15, -0.1) is 0 Å². The van der Waals surface area contributed by atoms with Crippen molar-refractivity contribution in [1.82, 2.24) is 4.57 Å². The normalized spacial score (nSPS) is 11.9. The molecule has 1 aromatic heterocycles. The molecule has 0 fully saturated rings. The van der Waals surface area contributed by atoms with Crippen molar-refractivity contribution in [2.45, 2.75) is 26.5 Å². The standard InChI is InChI=1S/C23H22ClNO4/c1-15-12-19(16(2)25(15)13-18-10-6-7-11-20(18)24)21(26)14-29-23(28)22(27)17-8-4-3-5-9-17/h3-12,22,27H,13-14H2,1-2H3/t22-/m0/s1. The predicted molar refractivity (Wildman–Crippen MR) is 111 cm³/mol. The molecule has 0 spiro atoms. The van der Waals surface area contributed by atoms with Crippen molar-refractivity contribution in [2.75, 3.05) is 6.61 Å². The quantitative estimate of drug-likeness (QED) is 0.465. The van der Waals surface area contributed by atoms with E-state index in [-0.39, 0.29) is 5.78 Å². The van der Waals surface area contributed by atoms with E-state index in [0.717, 1.165) is 17.0 Å². The summed E-state index contributed by atoms with van der Waals surface area (Å²) in [6.45, 7) is 3.86. The molecule has 6 heteroatoms. The number of esters is 1. The maximum absolute atomic E-state index is 12.6. The molecular formula is C23H22ClNO4. The van der Waals surface area contributed by atoms with Gasteiger partial charge in [0.15, 0.2) is 12.7 Å². The molecule has 0 aliphatic heterocycles. The van der Waals surface area contributed by atoms with Crippen LogP contribution in [0, 0.1) is 13.8 Å². The largest absolute Gasteiger partial charge is 0.455 e. The van der Waals surface area contributed by atoms with Gasteiger partial charge in [0.1, 0.15) is 0 Å². The molecule has 0 aliphatic rings. The molecular weight excluding hydrogens is 390 g/mol. The van der Waals surface area contributed by atoms with E-state index in [0.29, 0.717) is 22.7 Å². The summed E-state index contributed by atoms with van der Waals surface area (Å²) >= 11 is 6.25. The molecule has 0 unspecified atom stereocenters. The van der Waals surface area contributed by atoms with E-state index in [9.17, 15) is 14.7 Å². The van der Waals surface area contributed by atoms with Gasteiger partial charge in [-0.2, -0.15) is 0 Å². The van der Waals surface area contributed by atoms with E-state index in [1.54, 1.807) is 36.4 Å². The molecule has 5 nitrogen and oxygen atoms in total. The van der Waals surface area contributed by atoms with Crippen LogP contribution in [-0.4, -0.2) is 28.0 Å². The summed E-state index contributed by atoms with van der Waals surface area (Å²) in [7, 11) is 0. The van der Waals surface area contributed by atoms with Crippen molar-refractivity contribution in [3.63, 3.8) is 0 Å². The number of rotatable bonds is 7. The molecule has 1 heterocycles. The molecule has 2 aromatic carbocycles. The molecule has 29 heavy (non-hydrogen) atoms. The third-order valence-corrected chi connectivity index (χ3v) is 5.21. The number of carbonyl (C=O) groups is 2. The van der Waals surface area contributed by atoms with Crippen LogP contribution < -0.4 is 0 Å². The van der Waals surface area contributed by atoms with Crippen molar-refractivity contribution in [3.05, 3.63) is 93.8 Å². The van der Waals surface area contributed by atoms with Gasteiger partial charge >= 0.3 is 5.97 Å². The number of nitrogens with zero attached hydrogens (tertiary/aromatic N) is 1. The summed E-state index contributed by atoms with van der Waals surface area (Å²) in [5.74, 6) is -1.17. The Hall–Kier alpha value is -2.89. The Balaban J connectivity index is 1.68. The summed E-state index contributed by atoms with van der Waals surface area (Å²) in [6, 6.07) is 17.8. The highest BCUT2D eigenvalue weighted by Gasteiger charge is 2.22. The lowest BCUT2D eigenvalue weighted by Crippen LogP contribution is -2.20. The number of aliphatic hydroxyl groups is 1. The second-order valence-corrected chi connectivity index (χ2v) is 7.21. The van der Waals surface area contributed by atoms with Crippen LogP contribution in [0.2, 0.25) is 5.02 Å². The fraction of sp³-hybridized carbons (Fsp3) is 0.217. The van der Waals surface area contributed by atoms with Crippen LogP contribution in [0.3, 0.4) is 0 Å². The second kappa shape index (κ2) is 9.07. The average molecular weight is 412 g/mol. The van der Waals surface area contributed by atoms with E-state index >= 15 is 0 Å². The molecule has 1 atom stereocenters. The predicted octanol–water partition coefficient (Wildman–Crippen LogP) is 4.27. The first-order valence-electron chi connectivity index (χ1n) is 9.21. The maximum Gasteiger partial charge on any atom is 0.340 e. The van der Waals surface area contributed by atoms with Crippen LogP contribution in [-0.2, 0) is 16.1 Å². The molecule has 3 aromatic rings. The number of carbonyl (C=O) groups excluding carboxylic acids is 2. The highest BCUT2D eigenvalue weighted by molar-refractivity contribution is 6.31. The Bertz CT molecular complexity index is 1030. The summed E-state index contributed by atoms with van der Waals surface area (Å²) in [6.07, 6.45) is -1.42. The Morgan fingerprint density at radius 2 is 1.72 bits per heavy atom. The minimum Gasteiger partial charge on any atom is -0.455 e. The molecule has 3 rings (SSSR count). The SMILES string of the molecule is Cc1cc(C(=O)COC(=O)[C@@H](O)c2ccccc2)c(C)n1Cc1ccccc1Cl.